The molecule has 1 aromatic rings. The van der Waals surface area contributed by atoms with Gasteiger partial charge in [-0.25, -0.2) is 0 Å². The molecule has 1 rings (SSSR count). The average molecular weight is 240 g/mol. The molecule has 1 amide bonds. The third-order valence-electron chi connectivity index (χ3n) is 1.92. The molecule has 0 aromatic heterocycles. The van der Waals surface area contributed by atoms with Crippen molar-refractivity contribution in [1.82, 2.24) is 5.32 Å². The summed E-state index contributed by atoms with van der Waals surface area (Å²) in [7, 11) is 1.62. The number of carbonyl (C=O) groups is 1. The summed E-state index contributed by atoms with van der Waals surface area (Å²) in [6.07, 6.45) is 0. The van der Waals surface area contributed by atoms with Crippen molar-refractivity contribution >= 4 is 23.4 Å². The molecule has 0 saturated heterocycles. The van der Waals surface area contributed by atoms with Crippen LogP contribution in [0.3, 0.4) is 0 Å². The van der Waals surface area contributed by atoms with Crippen molar-refractivity contribution < 1.29 is 9.53 Å². The molecule has 0 bridgehead atoms. The molecule has 0 saturated carbocycles. The normalized spacial score (nSPS) is 9.88. The number of carbonyl (C=O) groups excluding carboxylic acids is 1. The zero-order valence-electron chi connectivity index (χ0n) is 9.45. The fourth-order valence-corrected chi connectivity index (χ4v) is 2.06. The highest BCUT2D eigenvalue weighted by Gasteiger charge is 2.03. The lowest BCUT2D eigenvalue weighted by molar-refractivity contribution is -0.118. The summed E-state index contributed by atoms with van der Waals surface area (Å²) in [5.41, 5.74) is 6.33. The highest BCUT2D eigenvalue weighted by molar-refractivity contribution is 7.99. The van der Waals surface area contributed by atoms with E-state index in [-0.39, 0.29) is 5.91 Å². The van der Waals surface area contributed by atoms with E-state index in [1.807, 2.05) is 12.1 Å². The van der Waals surface area contributed by atoms with E-state index in [9.17, 15) is 4.79 Å². The summed E-state index contributed by atoms with van der Waals surface area (Å²) >= 11 is 1.63. The lowest BCUT2D eigenvalue weighted by Crippen LogP contribution is -2.22. The van der Waals surface area contributed by atoms with Crippen molar-refractivity contribution in [1.29, 1.82) is 0 Å². The number of ether oxygens (including phenoxy) is 1. The van der Waals surface area contributed by atoms with Crippen LogP contribution < -0.4 is 15.8 Å². The maximum absolute atomic E-state index is 10.7. The Morgan fingerprint density at radius 1 is 1.56 bits per heavy atom. The van der Waals surface area contributed by atoms with Crippen LogP contribution in [0, 0.1) is 0 Å². The van der Waals surface area contributed by atoms with Gasteiger partial charge in [-0.15, -0.1) is 11.8 Å². The lowest BCUT2D eigenvalue weighted by atomic mass is 10.3. The van der Waals surface area contributed by atoms with Gasteiger partial charge in [-0.1, -0.05) is 0 Å². The van der Waals surface area contributed by atoms with Crippen molar-refractivity contribution in [3.05, 3.63) is 18.2 Å². The average Bonchev–Trinajstić information content (AvgIpc) is 2.25. The summed E-state index contributed by atoms with van der Waals surface area (Å²) in [6, 6.07) is 5.55. The van der Waals surface area contributed by atoms with Crippen LogP contribution in [0.15, 0.2) is 23.1 Å². The maximum Gasteiger partial charge on any atom is 0.216 e. The smallest absolute Gasteiger partial charge is 0.216 e. The third kappa shape index (κ3) is 4.02. The Morgan fingerprint density at radius 3 is 2.94 bits per heavy atom. The van der Waals surface area contributed by atoms with Crippen molar-refractivity contribution in [2.24, 2.45) is 0 Å². The maximum atomic E-state index is 10.7. The number of amides is 1. The molecule has 16 heavy (non-hydrogen) atoms. The van der Waals surface area contributed by atoms with E-state index in [1.54, 1.807) is 24.9 Å². The molecule has 0 aliphatic carbocycles. The lowest BCUT2D eigenvalue weighted by Gasteiger charge is -2.08. The van der Waals surface area contributed by atoms with Crippen LogP contribution in [0.5, 0.6) is 5.75 Å². The first kappa shape index (κ1) is 12.7. The molecule has 0 spiro atoms. The van der Waals surface area contributed by atoms with Crippen LogP contribution in [-0.4, -0.2) is 25.3 Å². The van der Waals surface area contributed by atoms with Gasteiger partial charge >= 0.3 is 0 Å². The molecule has 0 radical (unpaired) electrons. The molecule has 88 valence electrons. The summed E-state index contributed by atoms with van der Waals surface area (Å²) < 4.78 is 5.22. The minimum atomic E-state index is -0.00938. The van der Waals surface area contributed by atoms with E-state index in [4.69, 9.17) is 10.5 Å². The highest BCUT2D eigenvalue weighted by Crippen LogP contribution is 2.30. The van der Waals surface area contributed by atoms with Gasteiger partial charge in [0, 0.05) is 35.9 Å². The van der Waals surface area contributed by atoms with Crippen molar-refractivity contribution in [3.8, 4) is 5.75 Å². The van der Waals surface area contributed by atoms with Gasteiger partial charge in [-0.05, 0) is 12.1 Å². The van der Waals surface area contributed by atoms with E-state index in [0.29, 0.717) is 12.2 Å². The molecular weight excluding hydrogens is 224 g/mol. The van der Waals surface area contributed by atoms with E-state index in [0.717, 1.165) is 16.4 Å². The fourth-order valence-electron chi connectivity index (χ4n) is 1.19. The summed E-state index contributed by atoms with van der Waals surface area (Å²) in [5, 5.41) is 2.74. The van der Waals surface area contributed by atoms with Crippen LogP contribution in [0.1, 0.15) is 6.92 Å². The summed E-state index contributed by atoms with van der Waals surface area (Å²) in [5.74, 6) is 1.57. The Labute approximate surface area is 99.5 Å². The Balaban J connectivity index is 2.50. The molecule has 0 heterocycles. The molecule has 0 unspecified atom stereocenters. The number of benzene rings is 1. The topological polar surface area (TPSA) is 64.3 Å². The van der Waals surface area contributed by atoms with Gasteiger partial charge in [0.25, 0.3) is 0 Å². The Hall–Kier alpha value is -1.36. The molecule has 3 N–H and O–H groups in total. The number of nitrogen functional groups attached to an aromatic ring is 1. The predicted octanol–water partition coefficient (Wildman–Crippen LogP) is 1.51. The first-order chi connectivity index (χ1) is 7.63. The number of hydrogen-bond acceptors (Lipinski definition) is 4. The van der Waals surface area contributed by atoms with Gasteiger partial charge < -0.3 is 15.8 Å². The van der Waals surface area contributed by atoms with Crippen molar-refractivity contribution in [2.45, 2.75) is 11.8 Å². The first-order valence-electron chi connectivity index (χ1n) is 4.94. The second kappa shape index (κ2) is 6.27. The first-order valence-corrected chi connectivity index (χ1v) is 5.93. The Bertz CT molecular complexity index is 369. The second-order valence-corrected chi connectivity index (χ2v) is 4.38. The minimum Gasteiger partial charge on any atom is -0.496 e. The number of anilines is 1. The van der Waals surface area contributed by atoms with Crippen LogP contribution in [0.4, 0.5) is 5.69 Å². The zero-order chi connectivity index (χ0) is 12.0. The molecule has 4 nitrogen and oxygen atoms in total. The summed E-state index contributed by atoms with van der Waals surface area (Å²) in [4.78, 5) is 11.7. The molecule has 0 atom stereocenters. The van der Waals surface area contributed by atoms with Crippen LogP contribution >= 0.6 is 11.8 Å². The Kier molecular flexibility index (Phi) is 4.98. The quantitative estimate of drug-likeness (QED) is 0.465. The zero-order valence-corrected chi connectivity index (χ0v) is 10.3. The van der Waals surface area contributed by atoms with Crippen molar-refractivity contribution in [2.75, 3.05) is 25.1 Å². The van der Waals surface area contributed by atoms with E-state index in [1.165, 1.54) is 6.92 Å². The standard InChI is InChI=1S/C11H16N2O2S/c1-8(14)13-5-6-16-11-4-3-9(12)7-10(11)15-2/h3-4,7H,5-6,12H2,1-2H3,(H,13,14). The predicted molar refractivity (Wildman–Crippen MR) is 66.8 cm³/mol. The van der Waals surface area contributed by atoms with Gasteiger partial charge in [-0.2, -0.15) is 0 Å². The Morgan fingerprint density at radius 2 is 2.31 bits per heavy atom. The van der Waals surface area contributed by atoms with Crippen LogP contribution in [0.25, 0.3) is 0 Å². The molecule has 5 heteroatoms. The number of nitrogens with two attached hydrogens (primary N) is 1. The fraction of sp³-hybridized carbons (Fsp3) is 0.364. The summed E-state index contributed by atoms with van der Waals surface area (Å²) in [6.45, 7) is 2.15. The monoisotopic (exact) mass is 240 g/mol. The highest BCUT2D eigenvalue weighted by atomic mass is 32.2. The third-order valence-corrected chi connectivity index (χ3v) is 2.98. The molecule has 0 aliphatic heterocycles. The van der Waals surface area contributed by atoms with Gasteiger partial charge in [0.2, 0.25) is 5.91 Å². The number of thioether (sulfide) groups is 1. The van der Waals surface area contributed by atoms with Gasteiger partial charge in [0.05, 0.1) is 7.11 Å². The number of rotatable bonds is 5. The molecule has 0 aliphatic rings. The number of nitrogens with one attached hydrogen (secondary N) is 1. The largest absolute Gasteiger partial charge is 0.496 e. The molecular formula is C11H16N2O2S. The van der Waals surface area contributed by atoms with Gasteiger partial charge in [0.15, 0.2) is 0 Å². The van der Waals surface area contributed by atoms with E-state index in [2.05, 4.69) is 5.32 Å². The van der Waals surface area contributed by atoms with E-state index >= 15 is 0 Å². The SMILES string of the molecule is COc1cc(N)ccc1SCCNC(C)=O. The molecule has 1 aromatic carbocycles. The van der Waals surface area contributed by atoms with Crippen LogP contribution in [-0.2, 0) is 4.79 Å². The molecule has 0 fully saturated rings. The number of hydrogen-bond donors (Lipinski definition) is 2. The van der Waals surface area contributed by atoms with Crippen LogP contribution in [0.2, 0.25) is 0 Å². The van der Waals surface area contributed by atoms with Gasteiger partial charge in [0.1, 0.15) is 5.75 Å². The van der Waals surface area contributed by atoms with Gasteiger partial charge in [-0.3, -0.25) is 4.79 Å². The van der Waals surface area contributed by atoms with E-state index < -0.39 is 0 Å². The van der Waals surface area contributed by atoms with Crippen molar-refractivity contribution in [3.63, 3.8) is 0 Å². The second-order valence-electron chi connectivity index (χ2n) is 3.24. The number of methoxy groups -OCH3 is 1. The minimum absolute atomic E-state index is 0.00938.